The van der Waals surface area contributed by atoms with Crippen LogP contribution in [-0.2, 0) is 33.6 Å². The van der Waals surface area contributed by atoms with Crippen molar-refractivity contribution >= 4 is 17.8 Å². The monoisotopic (exact) mass is 684 g/mol. The highest BCUT2D eigenvalue weighted by atomic mass is 19.4. The molecule has 4 aromatic carbocycles. The molecular weight excluding hydrogens is 645 g/mol. The first-order chi connectivity index (χ1) is 24.0. The van der Waals surface area contributed by atoms with Crippen LogP contribution in [0.4, 0.5) is 13.2 Å². The second-order valence-electron chi connectivity index (χ2n) is 13.1. The summed E-state index contributed by atoms with van der Waals surface area (Å²) in [7, 11) is 0. The van der Waals surface area contributed by atoms with Crippen LogP contribution in [0.2, 0.25) is 0 Å². The molecule has 50 heavy (non-hydrogen) atoms. The van der Waals surface area contributed by atoms with Crippen LogP contribution in [0.3, 0.4) is 0 Å². The number of rotatable bonds is 11. The van der Waals surface area contributed by atoms with Crippen LogP contribution in [0, 0.1) is 5.92 Å². The van der Waals surface area contributed by atoms with Crippen molar-refractivity contribution in [2.45, 2.75) is 69.8 Å². The Kier molecular flexibility index (Phi) is 10.6. The number of hydrogen-bond donors (Lipinski definition) is 2. The third kappa shape index (κ3) is 8.35. The number of carbonyl (C=O) groups excluding carboxylic acids is 2. The van der Waals surface area contributed by atoms with E-state index in [4.69, 9.17) is 4.74 Å². The molecule has 2 atom stereocenters. The molecule has 1 unspecified atom stereocenters. The zero-order valence-electron chi connectivity index (χ0n) is 27.5. The molecule has 2 aliphatic rings. The molecule has 0 spiro atoms. The van der Waals surface area contributed by atoms with Crippen LogP contribution in [0.5, 0.6) is 5.75 Å². The number of hydrogen-bond acceptors (Lipinski definition) is 4. The fourth-order valence-corrected chi connectivity index (χ4v) is 6.99. The van der Waals surface area contributed by atoms with Gasteiger partial charge < -0.3 is 20.1 Å². The van der Waals surface area contributed by atoms with E-state index < -0.39 is 35.7 Å². The summed E-state index contributed by atoms with van der Waals surface area (Å²) in [6.45, 7) is 0.329. The lowest BCUT2D eigenvalue weighted by Gasteiger charge is -2.38. The first-order valence-electron chi connectivity index (χ1n) is 16.9. The average molecular weight is 685 g/mol. The van der Waals surface area contributed by atoms with Gasteiger partial charge in [0.1, 0.15) is 18.4 Å². The number of amides is 2. The second-order valence-corrected chi connectivity index (χ2v) is 13.1. The van der Waals surface area contributed by atoms with Gasteiger partial charge in [0.25, 0.3) is 0 Å². The summed E-state index contributed by atoms with van der Waals surface area (Å²) in [6, 6.07) is 25.3. The standard InChI is InChI=1S/C40H39F3N2O5/c41-40(42,43)32-17-10-27(11-18-32)25-50-33-19-16-30-20-21-45(36(46)22-26-6-4-5-7-26)38(34(30)23-33)39(49)44-35(24-37(47)48)31-14-12-29(13-15-31)28-8-2-1-3-9-28/h1-3,8-19,23,26,35,38H,4-7,20-22,24-25H2,(H,44,49)(H,47,48)/t35-,38?/m0/s1. The molecule has 0 bridgehead atoms. The quantitative estimate of drug-likeness (QED) is 0.166. The van der Waals surface area contributed by atoms with Gasteiger partial charge in [-0.1, -0.05) is 85.6 Å². The topological polar surface area (TPSA) is 95.9 Å². The Morgan fingerprint density at radius 1 is 0.880 bits per heavy atom. The van der Waals surface area contributed by atoms with Crippen LogP contribution < -0.4 is 10.1 Å². The molecule has 1 saturated carbocycles. The summed E-state index contributed by atoms with van der Waals surface area (Å²) in [5, 5.41) is 12.8. The van der Waals surface area contributed by atoms with Gasteiger partial charge in [-0.15, -0.1) is 0 Å². The van der Waals surface area contributed by atoms with Gasteiger partial charge in [0.2, 0.25) is 11.8 Å². The second kappa shape index (κ2) is 15.2. The molecule has 0 radical (unpaired) electrons. The number of ether oxygens (including phenoxy) is 1. The van der Waals surface area contributed by atoms with Crippen molar-refractivity contribution in [2.24, 2.45) is 5.92 Å². The smallest absolute Gasteiger partial charge is 0.416 e. The van der Waals surface area contributed by atoms with E-state index in [0.717, 1.165) is 54.5 Å². The Hall–Kier alpha value is -5.12. The maximum atomic E-state index is 14.3. The van der Waals surface area contributed by atoms with Crippen LogP contribution in [-0.4, -0.2) is 34.3 Å². The van der Waals surface area contributed by atoms with Gasteiger partial charge >= 0.3 is 12.1 Å². The Bertz CT molecular complexity index is 1800. The van der Waals surface area contributed by atoms with E-state index in [1.165, 1.54) is 12.1 Å². The highest BCUT2D eigenvalue weighted by Crippen LogP contribution is 2.37. The van der Waals surface area contributed by atoms with Crippen molar-refractivity contribution in [1.82, 2.24) is 10.2 Å². The zero-order chi connectivity index (χ0) is 35.3. The minimum Gasteiger partial charge on any atom is -0.489 e. The number of fused-ring (bicyclic) bond motifs is 1. The lowest BCUT2D eigenvalue weighted by molar-refractivity contribution is -0.143. The maximum Gasteiger partial charge on any atom is 0.416 e. The molecule has 7 nitrogen and oxygen atoms in total. The van der Waals surface area contributed by atoms with Crippen LogP contribution >= 0.6 is 0 Å². The van der Waals surface area contributed by atoms with Gasteiger partial charge in [-0.3, -0.25) is 14.4 Å². The van der Waals surface area contributed by atoms with Crippen molar-refractivity contribution in [3.05, 3.63) is 125 Å². The summed E-state index contributed by atoms with van der Waals surface area (Å²) in [5.74, 6) is -1.05. The molecule has 1 aliphatic carbocycles. The number of carboxylic acid groups (broad SMARTS) is 1. The van der Waals surface area contributed by atoms with Gasteiger partial charge in [-0.05, 0) is 82.8 Å². The molecule has 2 N–H and O–H groups in total. The number of halogens is 3. The van der Waals surface area contributed by atoms with Crippen LogP contribution in [0.15, 0.2) is 97.1 Å². The van der Waals surface area contributed by atoms with Gasteiger partial charge in [0, 0.05) is 13.0 Å². The van der Waals surface area contributed by atoms with Gasteiger partial charge in [0.05, 0.1) is 18.0 Å². The lowest BCUT2D eigenvalue weighted by atomic mass is 9.90. The summed E-state index contributed by atoms with van der Waals surface area (Å²) >= 11 is 0. The fourth-order valence-electron chi connectivity index (χ4n) is 6.99. The summed E-state index contributed by atoms with van der Waals surface area (Å²) < 4.78 is 45.1. The highest BCUT2D eigenvalue weighted by molar-refractivity contribution is 5.90. The molecule has 260 valence electrons. The van der Waals surface area contributed by atoms with E-state index in [2.05, 4.69) is 5.32 Å². The van der Waals surface area contributed by atoms with E-state index in [-0.39, 0.29) is 24.9 Å². The zero-order valence-corrected chi connectivity index (χ0v) is 27.5. The molecule has 2 amide bonds. The molecule has 4 aromatic rings. The highest BCUT2D eigenvalue weighted by Gasteiger charge is 2.38. The van der Waals surface area contributed by atoms with Crippen molar-refractivity contribution in [3.63, 3.8) is 0 Å². The lowest BCUT2D eigenvalue weighted by Crippen LogP contribution is -2.48. The summed E-state index contributed by atoms with van der Waals surface area (Å²) in [6.07, 6.45) is 0.140. The normalized spacial score (nSPS) is 16.8. The predicted octanol–water partition coefficient (Wildman–Crippen LogP) is 8.29. The SMILES string of the molecule is O=C(O)C[C@H](NC(=O)C1c2cc(OCc3ccc(C(F)(F)F)cc3)ccc2CCN1C(=O)CC1CCCC1)c1ccc(-c2ccccc2)cc1. The summed E-state index contributed by atoms with van der Waals surface area (Å²) in [4.78, 5) is 41.8. The molecule has 1 heterocycles. The Morgan fingerprint density at radius 3 is 2.22 bits per heavy atom. The minimum atomic E-state index is -4.44. The third-order valence-corrected chi connectivity index (χ3v) is 9.65. The third-order valence-electron chi connectivity index (χ3n) is 9.65. The van der Waals surface area contributed by atoms with Gasteiger partial charge in [-0.25, -0.2) is 0 Å². The molecule has 10 heteroatoms. The Labute approximate surface area is 289 Å². The molecular formula is C40H39F3N2O5. The minimum absolute atomic E-state index is 0.00221. The van der Waals surface area contributed by atoms with Crippen LogP contribution in [0.25, 0.3) is 11.1 Å². The van der Waals surface area contributed by atoms with E-state index in [0.29, 0.717) is 41.8 Å². The van der Waals surface area contributed by atoms with Crippen molar-refractivity contribution in [3.8, 4) is 16.9 Å². The molecule has 0 aromatic heterocycles. The van der Waals surface area contributed by atoms with Crippen molar-refractivity contribution in [2.75, 3.05) is 6.54 Å². The number of nitrogens with one attached hydrogen (secondary N) is 1. The number of aliphatic carboxylic acids is 1. The van der Waals surface area contributed by atoms with Crippen molar-refractivity contribution < 1.29 is 37.4 Å². The number of alkyl halides is 3. The number of carbonyl (C=O) groups is 3. The number of nitrogens with zero attached hydrogens (tertiary/aromatic N) is 1. The van der Waals surface area contributed by atoms with Crippen molar-refractivity contribution in [1.29, 1.82) is 0 Å². The van der Waals surface area contributed by atoms with Gasteiger partial charge in [0.15, 0.2) is 0 Å². The molecule has 6 rings (SSSR count). The first-order valence-corrected chi connectivity index (χ1v) is 16.9. The van der Waals surface area contributed by atoms with E-state index in [9.17, 15) is 32.7 Å². The average Bonchev–Trinajstić information content (AvgIpc) is 3.63. The molecule has 1 aliphatic heterocycles. The number of benzene rings is 4. The molecule has 1 fully saturated rings. The van der Waals surface area contributed by atoms with Gasteiger partial charge in [-0.2, -0.15) is 13.2 Å². The predicted molar refractivity (Wildman–Crippen MR) is 182 cm³/mol. The largest absolute Gasteiger partial charge is 0.489 e. The van der Waals surface area contributed by atoms with E-state index in [1.807, 2.05) is 48.5 Å². The van der Waals surface area contributed by atoms with Crippen LogP contribution in [0.1, 0.15) is 78.4 Å². The van der Waals surface area contributed by atoms with E-state index >= 15 is 0 Å². The fraction of sp³-hybridized carbons (Fsp3) is 0.325. The maximum absolute atomic E-state index is 14.3. The number of carboxylic acids is 1. The molecule has 0 saturated heterocycles. The summed E-state index contributed by atoms with van der Waals surface area (Å²) in [5.41, 5.74) is 3.79. The van der Waals surface area contributed by atoms with E-state index in [1.54, 1.807) is 29.2 Å². The first kappa shape index (κ1) is 34.7. The Balaban J connectivity index is 1.27. The Morgan fingerprint density at radius 2 is 1.56 bits per heavy atom.